The minimum absolute atomic E-state index is 0.215. The van der Waals surface area contributed by atoms with E-state index in [1.165, 1.54) is 6.20 Å². The molecule has 6 nitrogen and oxygen atoms in total. The highest BCUT2D eigenvalue weighted by molar-refractivity contribution is 5.49. The second kappa shape index (κ2) is 6.77. The standard InChI is InChI=1S/C12H20N6/c1-4-5-10(18(2)3)8-16-12-15-7-9(6-13)11(14)17-12/h7,10H,4-5,8H2,1-3H3,(H3,14,15,16,17)/t10-/m0/s1. The van der Waals surface area contributed by atoms with Crippen LogP contribution < -0.4 is 11.1 Å². The van der Waals surface area contributed by atoms with E-state index >= 15 is 0 Å². The Morgan fingerprint density at radius 2 is 2.28 bits per heavy atom. The Morgan fingerprint density at radius 1 is 1.56 bits per heavy atom. The summed E-state index contributed by atoms with van der Waals surface area (Å²) < 4.78 is 0. The van der Waals surface area contributed by atoms with Gasteiger partial charge in [0.2, 0.25) is 5.95 Å². The predicted octanol–water partition coefficient (Wildman–Crippen LogP) is 1.07. The summed E-state index contributed by atoms with van der Waals surface area (Å²) in [6.07, 6.45) is 3.67. The summed E-state index contributed by atoms with van der Waals surface area (Å²) in [5, 5.41) is 11.9. The summed E-state index contributed by atoms with van der Waals surface area (Å²) in [4.78, 5) is 10.3. The molecule has 1 heterocycles. The van der Waals surface area contributed by atoms with Crippen LogP contribution in [-0.4, -0.2) is 41.5 Å². The van der Waals surface area contributed by atoms with Crippen molar-refractivity contribution < 1.29 is 0 Å². The Bertz CT molecular complexity index is 423. The van der Waals surface area contributed by atoms with Gasteiger partial charge in [0.05, 0.1) is 6.20 Å². The molecule has 0 radical (unpaired) electrons. The fourth-order valence-corrected chi connectivity index (χ4v) is 1.65. The van der Waals surface area contributed by atoms with Crippen molar-refractivity contribution in [1.82, 2.24) is 14.9 Å². The number of likely N-dealkylation sites (N-methyl/N-ethyl adjacent to an activating group) is 1. The van der Waals surface area contributed by atoms with Crippen LogP contribution in [0, 0.1) is 11.3 Å². The van der Waals surface area contributed by atoms with Crippen molar-refractivity contribution in [3.05, 3.63) is 11.8 Å². The van der Waals surface area contributed by atoms with Gasteiger partial charge < -0.3 is 16.0 Å². The van der Waals surface area contributed by atoms with E-state index in [-0.39, 0.29) is 5.82 Å². The molecular formula is C12H20N6. The van der Waals surface area contributed by atoms with Crippen LogP contribution in [-0.2, 0) is 0 Å². The van der Waals surface area contributed by atoms with Gasteiger partial charge in [-0.25, -0.2) is 4.98 Å². The molecule has 0 saturated carbocycles. The molecule has 0 saturated heterocycles. The SMILES string of the molecule is CCC[C@@H](CNc1ncc(C#N)c(N)n1)N(C)C. The minimum Gasteiger partial charge on any atom is -0.382 e. The molecule has 1 atom stereocenters. The molecule has 0 aliphatic heterocycles. The number of rotatable bonds is 6. The van der Waals surface area contributed by atoms with Crippen LogP contribution in [0.15, 0.2) is 6.20 Å². The zero-order valence-corrected chi connectivity index (χ0v) is 11.1. The summed E-state index contributed by atoms with van der Waals surface area (Å²) in [5.41, 5.74) is 5.94. The van der Waals surface area contributed by atoms with Crippen molar-refractivity contribution >= 4 is 11.8 Å². The fourth-order valence-electron chi connectivity index (χ4n) is 1.65. The molecule has 18 heavy (non-hydrogen) atoms. The number of nitrogens with zero attached hydrogens (tertiary/aromatic N) is 4. The van der Waals surface area contributed by atoms with Gasteiger partial charge in [-0.1, -0.05) is 13.3 Å². The molecule has 1 aromatic heterocycles. The lowest BCUT2D eigenvalue weighted by atomic mass is 10.1. The first-order valence-electron chi connectivity index (χ1n) is 6.01. The lowest BCUT2D eigenvalue weighted by Crippen LogP contribution is -2.34. The third-order valence-electron chi connectivity index (χ3n) is 2.79. The van der Waals surface area contributed by atoms with E-state index in [2.05, 4.69) is 41.2 Å². The van der Waals surface area contributed by atoms with Crippen molar-refractivity contribution in [2.45, 2.75) is 25.8 Å². The largest absolute Gasteiger partial charge is 0.382 e. The summed E-state index contributed by atoms with van der Waals surface area (Å²) in [6, 6.07) is 2.37. The van der Waals surface area contributed by atoms with E-state index in [1.807, 2.05) is 6.07 Å². The molecule has 0 aliphatic rings. The number of nitrogen functional groups attached to an aromatic ring is 1. The molecule has 0 amide bonds. The molecule has 0 aliphatic carbocycles. The second-order valence-electron chi connectivity index (χ2n) is 4.39. The van der Waals surface area contributed by atoms with Gasteiger partial charge >= 0.3 is 0 Å². The molecular weight excluding hydrogens is 228 g/mol. The van der Waals surface area contributed by atoms with Crippen LogP contribution in [0.5, 0.6) is 0 Å². The number of anilines is 2. The Hall–Kier alpha value is -1.87. The lowest BCUT2D eigenvalue weighted by molar-refractivity contribution is 0.288. The first kappa shape index (κ1) is 14.2. The molecule has 0 unspecified atom stereocenters. The van der Waals surface area contributed by atoms with Gasteiger partial charge in [-0.3, -0.25) is 0 Å². The van der Waals surface area contributed by atoms with Gasteiger partial charge in [0, 0.05) is 12.6 Å². The van der Waals surface area contributed by atoms with Crippen molar-refractivity contribution in [3.8, 4) is 6.07 Å². The monoisotopic (exact) mass is 248 g/mol. The molecule has 3 N–H and O–H groups in total. The van der Waals surface area contributed by atoms with Crippen LogP contribution in [0.1, 0.15) is 25.3 Å². The summed E-state index contributed by atoms with van der Waals surface area (Å²) in [5.74, 6) is 0.682. The number of aromatic nitrogens is 2. The van der Waals surface area contributed by atoms with E-state index in [4.69, 9.17) is 11.0 Å². The van der Waals surface area contributed by atoms with Crippen molar-refractivity contribution in [1.29, 1.82) is 5.26 Å². The van der Waals surface area contributed by atoms with Gasteiger partial charge in [0.1, 0.15) is 17.5 Å². The first-order chi connectivity index (χ1) is 8.58. The molecule has 0 aromatic carbocycles. The van der Waals surface area contributed by atoms with Crippen LogP contribution in [0.4, 0.5) is 11.8 Å². The Kier molecular flexibility index (Phi) is 5.33. The summed E-state index contributed by atoms with van der Waals surface area (Å²) in [6.45, 7) is 2.92. The summed E-state index contributed by atoms with van der Waals surface area (Å²) >= 11 is 0. The fraction of sp³-hybridized carbons (Fsp3) is 0.583. The lowest BCUT2D eigenvalue weighted by Gasteiger charge is -2.24. The third-order valence-corrected chi connectivity index (χ3v) is 2.79. The van der Waals surface area contributed by atoms with Gasteiger partial charge in [-0.2, -0.15) is 10.2 Å². The Balaban J connectivity index is 2.62. The van der Waals surface area contributed by atoms with Gasteiger partial charge in [0.15, 0.2) is 0 Å². The maximum atomic E-state index is 8.73. The highest BCUT2D eigenvalue weighted by atomic mass is 15.2. The van der Waals surface area contributed by atoms with Crippen LogP contribution in [0.25, 0.3) is 0 Å². The molecule has 0 fully saturated rings. The van der Waals surface area contributed by atoms with E-state index < -0.39 is 0 Å². The smallest absolute Gasteiger partial charge is 0.224 e. The number of nitrogens with one attached hydrogen (secondary N) is 1. The normalized spacial score (nSPS) is 12.2. The van der Waals surface area contributed by atoms with Crippen molar-refractivity contribution in [2.75, 3.05) is 31.7 Å². The van der Waals surface area contributed by atoms with E-state index in [0.717, 1.165) is 19.4 Å². The van der Waals surface area contributed by atoms with Gasteiger partial charge in [-0.05, 0) is 20.5 Å². The Morgan fingerprint density at radius 3 is 2.78 bits per heavy atom. The highest BCUT2D eigenvalue weighted by Gasteiger charge is 2.11. The third kappa shape index (κ3) is 3.86. The minimum atomic E-state index is 0.215. The average Bonchev–Trinajstić information content (AvgIpc) is 2.34. The predicted molar refractivity (Wildman–Crippen MR) is 72.0 cm³/mol. The second-order valence-corrected chi connectivity index (χ2v) is 4.39. The molecule has 0 spiro atoms. The van der Waals surface area contributed by atoms with Gasteiger partial charge in [-0.15, -0.1) is 0 Å². The topological polar surface area (TPSA) is 90.9 Å². The molecule has 1 rings (SSSR count). The van der Waals surface area contributed by atoms with Crippen LogP contribution >= 0.6 is 0 Å². The summed E-state index contributed by atoms with van der Waals surface area (Å²) in [7, 11) is 4.10. The molecule has 98 valence electrons. The van der Waals surface area contributed by atoms with Crippen molar-refractivity contribution in [2.24, 2.45) is 0 Å². The van der Waals surface area contributed by atoms with Crippen molar-refractivity contribution in [3.63, 3.8) is 0 Å². The van der Waals surface area contributed by atoms with Crippen LogP contribution in [0.2, 0.25) is 0 Å². The molecule has 6 heteroatoms. The Labute approximate surface area is 108 Å². The van der Waals surface area contributed by atoms with Crippen LogP contribution in [0.3, 0.4) is 0 Å². The quantitative estimate of drug-likeness (QED) is 0.782. The highest BCUT2D eigenvalue weighted by Crippen LogP contribution is 2.09. The number of nitrogens with two attached hydrogens (primary N) is 1. The van der Waals surface area contributed by atoms with E-state index in [9.17, 15) is 0 Å². The van der Waals surface area contributed by atoms with Gasteiger partial charge in [0.25, 0.3) is 0 Å². The first-order valence-corrected chi connectivity index (χ1v) is 6.01. The zero-order valence-electron chi connectivity index (χ0n) is 11.1. The number of hydrogen-bond acceptors (Lipinski definition) is 6. The maximum absolute atomic E-state index is 8.73. The van der Waals surface area contributed by atoms with E-state index in [0.29, 0.717) is 17.6 Å². The number of nitriles is 1. The number of hydrogen-bond donors (Lipinski definition) is 2. The maximum Gasteiger partial charge on any atom is 0.224 e. The zero-order chi connectivity index (χ0) is 13.5. The average molecular weight is 248 g/mol. The molecule has 0 bridgehead atoms. The van der Waals surface area contributed by atoms with E-state index in [1.54, 1.807) is 0 Å². The molecule has 1 aromatic rings.